The van der Waals surface area contributed by atoms with E-state index in [1.807, 2.05) is 0 Å². The van der Waals surface area contributed by atoms with Crippen LogP contribution in [0.3, 0.4) is 0 Å². The van der Waals surface area contributed by atoms with Gasteiger partial charge in [0, 0.05) is 19.7 Å². The van der Waals surface area contributed by atoms with E-state index in [1.54, 1.807) is 29.2 Å². The van der Waals surface area contributed by atoms with E-state index in [4.69, 9.17) is 41.3 Å². The molecule has 1 saturated heterocycles. The molecular weight excluding hydrogens is 517 g/mol. The molecular formula is C24H23Cl2NO7S. The molecule has 4 rings (SSSR count). The molecule has 8 nitrogen and oxygen atoms in total. The number of carbonyl (C=O) groups excluding carboxylic acids is 1. The van der Waals surface area contributed by atoms with Crippen LogP contribution in [0.25, 0.3) is 0 Å². The fourth-order valence-corrected chi connectivity index (χ4v) is 5.04. The summed E-state index contributed by atoms with van der Waals surface area (Å²) in [5.41, 5.74) is 0.628. The maximum Gasteiger partial charge on any atom is 0.339 e. The molecule has 2 aromatic carbocycles. The van der Waals surface area contributed by atoms with Gasteiger partial charge in [0.05, 0.1) is 29.5 Å². The highest BCUT2D eigenvalue weighted by molar-refractivity contribution is 7.87. The summed E-state index contributed by atoms with van der Waals surface area (Å²) in [6.45, 7) is 1.19. The molecule has 0 saturated carbocycles. The number of benzene rings is 2. The highest BCUT2D eigenvalue weighted by Gasteiger charge is 2.26. The van der Waals surface area contributed by atoms with Gasteiger partial charge in [0.2, 0.25) is 0 Å². The SMILES string of the molecule is COc1ccc(CN(C[C@@H]2CCCO2)C(=O)c2ccco2)cc1OS(=O)(=O)c1ccc(Cl)c(Cl)c1. The molecule has 0 radical (unpaired) electrons. The van der Waals surface area contributed by atoms with Crippen LogP contribution in [0, 0.1) is 0 Å². The molecule has 0 unspecified atom stereocenters. The van der Waals surface area contributed by atoms with E-state index in [-0.39, 0.29) is 50.8 Å². The van der Waals surface area contributed by atoms with Gasteiger partial charge in [-0.2, -0.15) is 8.42 Å². The minimum Gasteiger partial charge on any atom is -0.493 e. The van der Waals surface area contributed by atoms with Gasteiger partial charge >= 0.3 is 10.1 Å². The third kappa shape index (κ3) is 6.10. The van der Waals surface area contributed by atoms with Crippen LogP contribution in [0.15, 0.2) is 64.1 Å². The van der Waals surface area contributed by atoms with E-state index in [1.165, 1.54) is 37.6 Å². The molecule has 0 spiro atoms. The van der Waals surface area contributed by atoms with E-state index < -0.39 is 10.1 Å². The number of ether oxygens (including phenoxy) is 2. The molecule has 1 aliphatic heterocycles. The highest BCUT2D eigenvalue weighted by atomic mass is 35.5. The smallest absolute Gasteiger partial charge is 0.339 e. The summed E-state index contributed by atoms with van der Waals surface area (Å²) >= 11 is 11.9. The van der Waals surface area contributed by atoms with Crippen molar-refractivity contribution in [3.05, 3.63) is 76.2 Å². The second kappa shape index (κ2) is 10.9. The zero-order chi connectivity index (χ0) is 25.0. The average molecular weight is 540 g/mol. The minimum atomic E-state index is -4.24. The topological polar surface area (TPSA) is 95.3 Å². The van der Waals surface area contributed by atoms with Crippen LogP contribution >= 0.6 is 23.2 Å². The van der Waals surface area contributed by atoms with Gasteiger partial charge in [-0.15, -0.1) is 0 Å². The molecule has 1 fully saturated rings. The Morgan fingerprint density at radius 2 is 1.94 bits per heavy atom. The lowest BCUT2D eigenvalue weighted by Gasteiger charge is -2.25. The van der Waals surface area contributed by atoms with Crippen molar-refractivity contribution in [1.82, 2.24) is 4.90 Å². The number of amides is 1. The van der Waals surface area contributed by atoms with Gasteiger partial charge < -0.3 is 23.0 Å². The Hall–Kier alpha value is -2.72. The molecule has 0 bridgehead atoms. The number of nitrogens with zero attached hydrogens (tertiary/aromatic N) is 1. The number of methoxy groups -OCH3 is 1. The molecule has 1 amide bonds. The highest BCUT2D eigenvalue weighted by Crippen LogP contribution is 2.33. The third-order valence-electron chi connectivity index (χ3n) is 5.45. The lowest BCUT2D eigenvalue weighted by atomic mass is 10.1. The van der Waals surface area contributed by atoms with Crippen LogP contribution in [0.1, 0.15) is 29.0 Å². The number of rotatable bonds is 9. The van der Waals surface area contributed by atoms with Crippen LogP contribution in [0.5, 0.6) is 11.5 Å². The van der Waals surface area contributed by atoms with E-state index in [0.29, 0.717) is 18.7 Å². The quantitative estimate of drug-likeness (QED) is 0.345. The third-order valence-corrected chi connectivity index (χ3v) is 7.42. The van der Waals surface area contributed by atoms with Gasteiger partial charge in [0.1, 0.15) is 4.90 Å². The Bertz CT molecular complexity index is 1290. The first-order chi connectivity index (χ1) is 16.8. The summed E-state index contributed by atoms with van der Waals surface area (Å²) in [4.78, 5) is 14.5. The summed E-state index contributed by atoms with van der Waals surface area (Å²) < 4.78 is 47.5. The lowest BCUT2D eigenvalue weighted by Crippen LogP contribution is -2.36. The number of halogens is 2. The van der Waals surface area contributed by atoms with Crippen LogP contribution in [0.4, 0.5) is 0 Å². The second-order valence-electron chi connectivity index (χ2n) is 7.90. The van der Waals surface area contributed by atoms with Gasteiger partial charge in [-0.05, 0) is 60.9 Å². The van der Waals surface area contributed by atoms with E-state index in [0.717, 1.165) is 12.8 Å². The van der Waals surface area contributed by atoms with E-state index >= 15 is 0 Å². The van der Waals surface area contributed by atoms with Crippen LogP contribution in [-0.4, -0.2) is 45.6 Å². The maximum absolute atomic E-state index is 13.1. The molecule has 1 aromatic heterocycles. The Balaban J connectivity index is 1.60. The Labute approximate surface area is 213 Å². The monoisotopic (exact) mass is 539 g/mol. The first-order valence-corrected chi connectivity index (χ1v) is 12.9. The summed E-state index contributed by atoms with van der Waals surface area (Å²) in [7, 11) is -2.84. The fraction of sp³-hybridized carbons (Fsp3) is 0.292. The number of hydrogen-bond donors (Lipinski definition) is 0. The predicted octanol–water partition coefficient (Wildman–Crippen LogP) is 5.18. The summed E-state index contributed by atoms with van der Waals surface area (Å²) in [6, 6.07) is 11.9. The molecule has 186 valence electrons. The van der Waals surface area contributed by atoms with Gasteiger partial charge in [0.15, 0.2) is 17.3 Å². The van der Waals surface area contributed by atoms with Gasteiger partial charge in [-0.3, -0.25) is 4.79 Å². The second-order valence-corrected chi connectivity index (χ2v) is 10.3. The zero-order valence-corrected chi connectivity index (χ0v) is 21.1. The molecule has 0 aliphatic carbocycles. The average Bonchev–Trinajstić information content (AvgIpc) is 3.54. The van der Waals surface area contributed by atoms with Crippen molar-refractivity contribution in [2.45, 2.75) is 30.4 Å². The molecule has 1 atom stereocenters. The first kappa shape index (κ1) is 25.4. The number of hydrogen-bond acceptors (Lipinski definition) is 7. The largest absolute Gasteiger partial charge is 0.493 e. The number of carbonyl (C=O) groups is 1. The molecule has 11 heteroatoms. The fourth-order valence-electron chi connectivity index (χ4n) is 3.71. The molecule has 1 aliphatic rings. The Morgan fingerprint density at radius 1 is 1.11 bits per heavy atom. The van der Waals surface area contributed by atoms with Crippen molar-refractivity contribution >= 4 is 39.2 Å². The van der Waals surface area contributed by atoms with Gasteiger partial charge in [-0.25, -0.2) is 0 Å². The first-order valence-electron chi connectivity index (χ1n) is 10.8. The van der Waals surface area contributed by atoms with E-state index in [9.17, 15) is 13.2 Å². The van der Waals surface area contributed by atoms with Crippen molar-refractivity contribution in [2.24, 2.45) is 0 Å². The molecule has 3 aromatic rings. The summed E-state index contributed by atoms with van der Waals surface area (Å²) in [6.07, 6.45) is 3.13. The normalized spacial score (nSPS) is 15.7. The van der Waals surface area contributed by atoms with Crippen LogP contribution in [-0.2, 0) is 21.4 Å². The van der Waals surface area contributed by atoms with Crippen molar-refractivity contribution in [1.29, 1.82) is 0 Å². The van der Waals surface area contributed by atoms with Gasteiger partial charge in [-0.1, -0.05) is 29.3 Å². The van der Waals surface area contributed by atoms with Crippen LogP contribution in [0.2, 0.25) is 10.0 Å². The maximum atomic E-state index is 13.1. The zero-order valence-electron chi connectivity index (χ0n) is 18.8. The van der Waals surface area contributed by atoms with Crippen molar-refractivity contribution in [2.75, 3.05) is 20.3 Å². The molecule has 0 N–H and O–H groups in total. The standard InChI is InChI=1S/C24H23Cl2NO7S/c1-31-21-9-6-16(12-23(21)34-35(29,30)18-7-8-19(25)20(26)13-18)14-27(15-17-4-2-10-32-17)24(28)22-5-3-11-33-22/h3,5-9,11-13,17H,2,4,10,14-15H2,1H3/t17-/m0/s1. The molecule has 35 heavy (non-hydrogen) atoms. The Morgan fingerprint density at radius 3 is 2.60 bits per heavy atom. The van der Waals surface area contributed by atoms with Crippen molar-refractivity contribution in [3.8, 4) is 11.5 Å². The van der Waals surface area contributed by atoms with E-state index in [2.05, 4.69) is 0 Å². The minimum absolute atomic E-state index is 0.0291. The predicted molar refractivity (Wildman–Crippen MR) is 130 cm³/mol. The lowest BCUT2D eigenvalue weighted by molar-refractivity contribution is 0.0484. The van der Waals surface area contributed by atoms with Crippen LogP contribution < -0.4 is 8.92 Å². The molecule has 2 heterocycles. The summed E-state index contributed by atoms with van der Waals surface area (Å²) in [5.74, 6) is 0.0846. The Kier molecular flexibility index (Phi) is 7.91. The van der Waals surface area contributed by atoms with Crippen molar-refractivity contribution in [3.63, 3.8) is 0 Å². The number of furan rings is 1. The van der Waals surface area contributed by atoms with Gasteiger partial charge in [0.25, 0.3) is 5.91 Å². The summed E-state index contributed by atoms with van der Waals surface area (Å²) in [5, 5.41) is 0.302. The van der Waals surface area contributed by atoms with Crippen molar-refractivity contribution < 1.29 is 31.3 Å².